The summed E-state index contributed by atoms with van der Waals surface area (Å²) in [7, 11) is 1.47. The zero-order valence-electron chi connectivity index (χ0n) is 20.9. The number of nitrogens with zero attached hydrogens (tertiary/aromatic N) is 1. The smallest absolute Gasteiger partial charge is 0.411 e. The summed E-state index contributed by atoms with van der Waals surface area (Å²) in [6, 6.07) is 8.39. The lowest BCUT2D eigenvalue weighted by atomic mass is 9.76. The molecule has 7 nitrogen and oxygen atoms in total. The van der Waals surface area contributed by atoms with Crippen LogP contribution in [0.4, 0.5) is 4.79 Å². The number of ketones is 1. The molecule has 7 heteroatoms. The van der Waals surface area contributed by atoms with Crippen LogP contribution in [0.2, 0.25) is 0 Å². The third-order valence-electron chi connectivity index (χ3n) is 6.04. The number of allylic oxidation sites excluding steroid dienone is 4. The van der Waals surface area contributed by atoms with Crippen molar-refractivity contribution in [2.45, 2.75) is 65.3 Å². The molecule has 184 valence electrons. The second-order valence-corrected chi connectivity index (χ2v) is 9.53. The van der Waals surface area contributed by atoms with Gasteiger partial charge in [0.15, 0.2) is 5.76 Å². The Labute approximate surface area is 201 Å². The Bertz CT molecular complexity index is 1020. The van der Waals surface area contributed by atoms with E-state index >= 15 is 0 Å². The van der Waals surface area contributed by atoms with E-state index in [9.17, 15) is 14.7 Å². The van der Waals surface area contributed by atoms with Gasteiger partial charge in [-0.15, -0.1) is 0 Å². The summed E-state index contributed by atoms with van der Waals surface area (Å²) in [4.78, 5) is 28.4. The van der Waals surface area contributed by atoms with Gasteiger partial charge in [-0.25, -0.2) is 4.79 Å². The highest BCUT2D eigenvalue weighted by molar-refractivity contribution is 6.12. The van der Waals surface area contributed by atoms with Crippen molar-refractivity contribution in [2.24, 2.45) is 0 Å². The highest BCUT2D eigenvalue weighted by atomic mass is 16.6. The number of carbonyl (C=O) groups excluding carboxylic acids is 2. The molecule has 0 saturated carbocycles. The van der Waals surface area contributed by atoms with Crippen molar-refractivity contribution < 1.29 is 28.9 Å². The van der Waals surface area contributed by atoms with Crippen LogP contribution in [0.5, 0.6) is 0 Å². The first-order chi connectivity index (χ1) is 16.1. The molecule has 0 unspecified atom stereocenters. The molecule has 1 amide bonds. The summed E-state index contributed by atoms with van der Waals surface area (Å²) >= 11 is 0. The van der Waals surface area contributed by atoms with Crippen LogP contribution in [0.25, 0.3) is 0 Å². The normalized spacial score (nSPS) is 22.3. The fraction of sp³-hybridized carbons (Fsp3) is 0.481. The Hall–Kier alpha value is -2.90. The maximum absolute atomic E-state index is 13.6. The molecule has 0 fully saturated rings. The molecule has 1 N–H and O–H groups in total. The molecular weight excluding hydrogens is 434 g/mol. The largest absolute Gasteiger partial charge is 0.492 e. The number of benzene rings is 1. The summed E-state index contributed by atoms with van der Waals surface area (Å²) in [5.41, 5.74) is 3.16. The standard InChI is InChI=1S/C27H35NO6/c1-7-20-17(2)25(32-6)24(30)23-21(20)13-19(14-29)28(26(31)34-27(3,4)5)22(23)16-33-15-18-11-9-8-10-12-18/h7-12,19,22,29H,13-16H2,1-6H3/b20-7+/t19-,22-/m0/s1. The van der Waals surface area contributed by atoms with E-state index in [0.717, 1.165) is 22.3 Å². The topological polar surface area (TPSA) is 85.3 Å². The number of amides is 1. The van der Waals surface area contributed by atoms with Gasteiger partial charge in [0.2, 0.25) is 5.78 Å². The quantitative estimate of drug-likeness (QED) is 0.668. The lowest BCUT2D eigenvalue weighted by molar-refractivity contribution is -0.116. The molecule has 0 aromatic heterocycles. The number of carbonyl (C=O) groups is 2. The Kier molecular flexibility index (Phi) is 8.00. The van der Waals surface area contributed by atoms with Gasteiger partial charge in [0, 0.05) is 11.1 Å². The summed E-state index contributed by atoms with van der Waals surface area (Å²) in [6.07, 6.45) is 1.68. The zero-order valence-corrected chi connectivity index (χ0v) is 20.9. The number of aliphatic hydroxyl groups excluding tert-OH is 1. The van der Waals surface area contributed by atoms with Gasteiger partial charge in [0.05, 0.1) is 39.0 Å². The molecule has 1 aromatic rings. The Morgan fingerprint density at radius 3 is 2.47 bits per heavy atom. The molecule has 2 aliphatic rings. The van der Waals surface area contributed by atoms with Crippen molar-refractivity contribution in [2.75, 3.05) is 20.3 Å². The lowest BCUT2D eigenvalue weighted by Gasteiger charge is -2.45. The number of rotatable bonds is 6. The third kappa shape index (κ3) is 5.26. The summed E-state index contributed by atoms with van der Waals surface area (Å²) < 4.78 is 17.2. The van der Waals surface area contributed by atoms with Crippen LogP contribution in [0.3, 0.4) is 0 Å². The predicted molar refractivity (Wildman–Crippen MR) is 129 cm³/mol. The first-order valence-electron chi connectivity index (χ1n) is 11.6. The second kappa shape index (κ2) is 10.6. The van der Waals surface area contributed by atoms with Gasteiger partial charge in [-0.2, -0.15) is 0 Å². The minimum atomic E-state index is -0.736. The van der Waals surface area contributed by atoms with E-state index in [4.69, 9.17) is 14.2 Å². The highest BCUT2D eigenvalue weighted by Gasteiger charge is 2.46. The van der Waals surface area contributed by atoms with Crippen molar-refractivity contribution in [1.29, 1.82) is 0 Å². The van der Waals surface area contributed by atoms with Gasteiger partial charge < -0.3 is 19.3 Å². The summed E-state index contributed by atoms with van der Waals surface area (Å²) in [6.45, 7) is 9.24. The summed E-state index contributed by atoms with van der Waals surface area (Å²) in [5.74, 6) is -0.00893. The van der Waals surface area contributed by atoms with Crippen LogP contribution < -0.4 is 0 Å². The van der Waals surface area contributed by atoms with Crippen molar-refractivity contribution in [1.82, 2.24) is 4.90 Å². The minimum absolute atomic E-state index is 0.0717. The molecule has 1 aliphatic carbocycles. The fourth-order valence-electron chi connectivity index (χ4n) is 4.63. The number of hydrogen-bond donors (Lipinski definition) is 1. The molecule has 0 bridgehead atoms. The van der Waals surface area contributed by atoms with Gasteiger partial charge >= 0.3 is 6.09 Å². The van der Waals surface area contributed by atoms with E-state index in [-0.39, 0.29) is 24.8 Å². The molecule has 3 rings (SSSR count). The van der Waals surface area contributed by atoms with E-state index in [1.165, 1.54) is 12.0 Å². The fourth-order valence-corrected chi connectivity index (χ4v) is 4.63. The minimum Gasteiger partial charge on any atom is -0.492 e. The molecular formula is C27H35NO6. The van der Waals surface area contributed by atoms with Crippen LogP contribution in [0.1, 0.15) is 46.6 Å². The van der Waals surface area contributed by atoms with Gasteiger partial charge in [-0.05, 0) is 57.7 Å². The molecule has 1 aliphatic heterocycles. The number of Topliss-reactive ketones (excluding diaryl/α,β-unsaturated/α-hetero) is 1. The van der Waals surface area contributed by atoms with Gasteiger partial charge in [-0.3, -0.25) is 9.69 Å². The Morgan fingerprint density at radius 1 is 1.24 bits per heavy atom. The average molecular weight is 470 g/mol. The van der Waals surface area contributed by atoms with Gasteiger partial charge in [0.1, 0.15) is 5.60 Å². The van der Waals surface area contributed by atoms with Crippen LogP contribution in [0, 0.1) is 0 Å². The maximum Gasteiger partial charge on any atom is 0.411 e. The molecule has 1 heterocycles. The second-order valence-electron chi connectivity index (χ2n) is 9.53. The SMILES string of the molecule is C/C=C1\C(C)=C(OC)C(=O)C2=C1C[C@@H](CO)N(C(=O)OC(C)(C)C)[C@H]2COCc1ccccc1. The van der Waals surface area contributed by atoms with Crippen LogP contribution >= 0.6 is 0 Å². The van der Waals surface area contributed by atoms with Crippen molar-refractivity contribution >= 4 is 11.9 Å². The average Bonchev–Trinajstić information content (AvgIpc) is 2.78. The molecule has 0 radical (unpaired) electrons. The molecule has 0 spiro atoms. The molecule has 2 atom stereocenters. The van der Waals surface area contributed by atoms with Crippen molar-refractivity contribution in [3.05, 3.63) is 70.0 Å². The molecule has 34 heavy (non-hydrogen) atoms. The van der Waals surface area contributed by atoms with Crippen molar-refractivity contribution in [3.8, 4) is 0 Å². The first-order valence-corrected chi connectivity index (χ1v) is 11.6. The number of aliphatic hydroxyl groups is 1. The lowest BCUT2D eigenvalue weighted by Crippen LogP contribution is -2.57. The van der Waals surface area contributed by atoms with E-state index in [1.54, 1.807) is 20.8 Å². The van der Waals surface area contributed by atoms with Gasteiger partial charge in [-0.1, -0.05) is 36.4 Å². The Morgan fingerprint density at radius 2 is 1.91 bits per heavy atom. The summed E-state index contributed by atoms with van der Waals surface area (Å²) in [5, 5.41) is 10.3. The van der Waals surface area contributed by atoms with E-state index in [1.807, 2.05) is 50.3 Å². The van der Waals surface area contributed by atoms with Crippen molar-refractivity contribution in [3.63, 3.8) is 0 Å². The monoisotopic (exact) mass is 469 g/mol. The van der Waals surface area contributed by atoms with E-state index in [2.05, 4.69) is 0 Å². The number of hydrogen-bond acceptors (Lipinski definition) is 6. The van der Waals surface area contributed by atoms with E-state index in [0.29, 0.717) is 18.6 Å². The number of methoxy groups -OCH3 is 1. The van der Waals surface area contributed by atoms with Crippen LogP contribution in [-0.2, 0) is 25.6 Å². The van der Waals surface area contributed by atoms with E-state index < -0.39 is 23.8 Å². The highest BCUT2D eigenvalue weighted by Crippen LogP contribution is 2.42. The third-order valence-corrected chi connectivity index (χ3v) is 6.04. The first kappa shape index (κ1) is 25.7. The van der Waals surface area contributed by atoms with Gasteiger partial charge in [0.25, 0.3) is 0 Å². The Balaban J connectivity index is 2.05. The molecule has 0 saturated heterocycles. The predicted octanol–water partition coefficient (Wildman–Crippen LogP) is 4.32. The maximum atomic E-state index is 13.6. The molecule has 1 aromatic carbocycles. The van der Waals surface area contributed by atoms with Crippen LogP contribution in [0.15, 0.2) is 64.5 Å². The zero-order chi connectivity index (χ0) is 25.0. The number of ether oxygens (including phenoxy) is 3. The van der Waals surface area contributed by atoms with Crippen LogP contribution in [-0.4, -0.2) is 59.9 Å².